The molecule has 1 aromatic rings. The van der Waals surface area contributed by atoms with Gasteiger partial charge in [0.1, 0.15) is 6.04 Å². The molecule has 1 aliphatic rings. The van der Waals surface area contributed by atoms with E-state index in [4.69, 9.17) is 4.74 Å². The fraction of sp³-hybridized carbons (Fsp3) is 0.706. The fourth-order valence-corrected chi connectivity index (χ4v) is 3.10. The summed E-state index contributed by atoms with van der Waals surface area (Å²) >= 11 is 0. The van der Waals surface area contributed by atoms with E-state index in [1.54, 1.807) is 0 Å². The molecule has 2 heterocycles. The van der Waals surface area contributed by atoms with Crippen LogP contribution >= 0.6 is 0 Å². The van der Waals surface area contributed by atoms with Gasteiger partial charge in [-0.1, -0.05) is 0 Å². The van der Waals surface area contributed by atoms with Crippen molar-refractivity contribution in [3.8, 4) is 0 Å². The van der Waals surface area contributed by atoms with Crippen molar-refractivity contribution in [2.45, 2.75) is 59.0 Å². The number of hydrogen-bond acceptors (Lipinski definition) is 4. The lowest BCUT2D eigenvalue weighted by Gasteiger charge is -2.33. The molecule has 0 spiro atoms. The molecule has 1 aromatic heterocycles. The summed E-state index contributed by atoms with van der Waals surface area (Å²) in [5.74, 6) is -0.0929. The standard InChI is InChI=1S/C17H28N4O3/c1-12-13(2)19-21(14(12)3)11-7-9-18-16(22)15-8-5-6-10-20(15)17(23)24-4/h15H,5-11H2,1-4H3,(H,18,22). The van der Waals surface area contributed by atoms with E-state index in [2.05, 4.69) is 24.3 Å². The number of carbonyl (C=O) groups is 2. The predicted octanol–water partition coefficient (Wildman–Crippen LogP) is 1.94. The van der Waals surface area contributed by atoms with E-state index in [9.17, 15) is 9.59 Å². The summed E-state index contributed by atoms with van der Waals surface area (Å²) in [7, 11) is 1.35. The largest absolute Gasteiger partial charge is 0.453 e. The zero-order chi connectivity index (χ0) is 17.7. The highest BCUT2D eigenvalue weighted by Crippen LogP contribution is 2.18. The second kappa shape index (κ2) is 8.17. The van der Waals surface area contributed by atoms with Crippen LogP contribution in [0, 0.1) is 20.8 Å². The van der Waals surface area contributed by atoms with Gasteiger partial charge in [-0.05, 0) is 52.0 Å². The minimum Gasteiger partial charge on any atom is -0.453 e. The van der Waals surface area contributed by atoms with Gasteiger partial charge in [-0.2, -0.15) is 5.10 Å². The molecular weight excluding hydrogens is 308 g/mol. The number of hydrogen-bond donors (Lipinski definition) is 1. The van der Waals surface area contributed by atoms with Crippen LogP contribution in [0.1, 0.15) is 42.6 Å². The molecule has 1 saturated heterocycles. The molecule has 1 unspecified atom stereocenters. The van der Waals surface area contributed by atoms with Crippen molar-refractivity contribution in [1.29, 1.82) is 0 Å². The van der Waals surface area contributed by atoms with Gasteiger partial charge in [0, 0.05) is 25.3 Å². The minimum absolute atomic E-state index is 0.0929. The molecule has 7 nitrogen and oxygen atoms in total. The van der Waals surface area contributed by atoms with Crippen LogP contribution in [0.2, 0.25) is 0 Å². The second-order valence-corrected chi connectivity index (χ2v) is 6.34. The summed E-state index contributed by atoms with van der Waals surface area (Å²) in [5.41, 5.74) is 3.44. The van der Waals surface area contributed by atoms with Gasteiger partial charge in [-0.15, -0.1) is 0 Å². The van der Waals surface area contributed by atoms with Gasteiger partial charge in [-0.3, -0.25) is 14.4 Å². The molecule has 1 N–H and O–H groups in total. The highest BCUT2D eigenvalue weighted by Gasteiger charge is 2.32. The Morgan fingerprint density at radius 1 is 1.29 bits per heavy atom. The van der Waals surface area contributed by atoms with Crippen LogP contribution < -0.4 is 5.32 Å². The second-order valence-electron chi connectivity index (χ2n) is 6.34. The lowest BCUT2D eigenvalue weighted by molar-refractivity contribution is -0.127. The number of aryl methyl sites for hydroxylation is 2. The van der Waals surface area contributed by atoms with E-state index in [0.29, 0.717) is 19.5 Å². The topological polar surface area (TPSA) is 76.5 Å². The lowest BCUT2D eigenvalue weighted by Crippen LogP contribution is -2.52. The third kappa shape index (κ3) is 4.07. The molecule has 2 rings (SSSR count). The molecule has 0 radical (unpaired) electrons. The van der Waals surface area contributed by atoms with Crippen molar-refractivity contribution in [3.63, 3.8) is 0 Å². The number of nitrogens with one attached hydrogen (secondary N) is 1. The quantitative estimate of drug-likeness (QED) is 0.834. The number of carbonyl (C=O) groups excluding carboxylic acids is 2. The molecule has 134 valence electrons. The molecule has 0 aliphatic carbocycles. The Morgan fingerprint density at radius 3 is 2.67 bits per heavy atom. The highest BCUT2D eigenvalue weighted by molar-refractivity contribution is 5.85. The molecule has 0 saturated carbocycles. The van der Waals surface area contributed by atoms with Crippen LogP contribution in [0.4, 0.5) is 4.79 Å². The summed E-state index contributed by atoms with van der Waals surface area (Å²) in [6, 6.07) is -0.415. The first kappa shape index (κ1) is 18.3. The van der Waals surface area contributed by atoms with E-state index in [0.717, 1.165) is 31.5 Å². The Hall–Kier alpha value is -2.05. The van der Waals surface area contributed by atoms with Crippen molar-refractivity contribution in [2.24, 2.45) is 0 Å². The molecule has 1 atom stereocenters. The minimum atomic E-state index is -0.423. The maximum absolute atomic E-state index is 12.4. The van der Waals surface area contributed by atoms with Crippen molar-refractivity contribution in [3.05, 3.63) is 17.0 Å². The molecule has 24 heavy (non-hydrogen) atoms. The van der Waals surface area contributed by atoms with Crippen LogP contribution in [0.15, 0.2) is 0 Å². The molecule has 2 amide bonds. The Bertz CT molecular complexity index is 597. The van der Waals surface area contributed by atoms with Gasteiger partial charge < -0.3 is 10.1 Å². The van der Waals surface area contributed by atoms with E-state index in [1.165, 1.54) is 23.3 Å². The smallest absolute Gasteiger partial charge is 0.410 e. The maximum Gasteiger partial charge on any atom is 0.410 e. The van der Waals surface area contributed by atoms with Gasteiger partial charge in [0.25, 0.3) is 0 Å². The predicted molar refractivity (Wildman–Crippen MR) is 90.8 cm³/mol. The first-order chi connectivity index (χ1) is 11.5. The Morgan fingerprint density at radius 2 is 2.04 bits per heavy atom. The van der Waals surface area contributed by atoms with Crippen LogP contribution in [0.3, 0.4) is 0 Å². The molecule has 0 bridgehead atoms. The molecule has 7 heteroatoms. The maximum atomic E-state index is 12.4. The zero-order valence-electron chi connectivity index (χ0n) is 15.1. The third-order valence-electron chi connectivity index (χ3n) is 4.80. The van der Waals surface area contributed by atoms with Crippen molar-refractivity contribution in [2.75, 3.05) is 20.2 Å². The number of rotatable bonds is 5. The normalized spacial score (nSPS) is 17.7. The van der Waals surface area contributed by atoms with E-state index in [-0.39, 0.29) is 5.91 Å². The van der Waals surface area contributed by atoms with Crippen LogP contribution in [0.25, 0.3) is 0 Å². The zero-order valence-corrected chi connectivity index (χ0v) is 15.1. The van der Waals surface area contributed by atoms with Crippen molar-refractivity contribution >= 4 is 12.0 Å². The summed E-state index contributed by atoms with van der Waals surface area (Å²) in [6.45, 7) is 8.05. The first-order valence-corrected chi connectivity index (χ1v) is 8.58. The number of ether oxygens (including phenoxy) is 1. The monoisotopic (exact) mass is 336 g/mol. The van der Waals surface area contributed by atoms with Crippen LogP contribution in [-0.2, 0) is 16.1 Å². The Labute approximate surface area is 143 Å². The fourth-order valence-electron chi connectivity index (χ4n) is 3.10. The van der Waals surface area contributed by atoms with Crippen molar-refractivity contribution < 1.29 is 14.3 Å². The number of likely N-dealkylation sites (tertiary alicyclic amines) is 1. The molecule has 1 fully saturated rings. The van der Waals surface area contributed by atoms with Gasteiger partial charge in [-0.25, -0.2) is 4.79 Å². The summed E-state index contributed by atoms with van der Waals surface area (Å²) in [5, 5.41) is 7.44. The third-order valence-corrected chi connectivity index (χ3v) is 4.80. The van der Waals surface area contributed by atoms with E-state index < -0.39 is 12.1 Å². The Balaban J connectivity index is 1.81. The van der Waals surface area contributed by atoms with Gasteiger partial charge in [0.15, 0.2) is 0 Å². The number of aromatic nitrogens is 2. The Kier molecular flexibility index (Phi) is 6.23. The van der Waals surface area contributed by atoms with Crippen LogP contribution in [0.5, 0.6) is 0 Å². The number of nitrogens with zero attached hydrogens (tertiary/aromatic N) is 3. The van der Waals surface area contributed by atoms with Gasteiger partial charge in [0.05, 0.1) is 12.8 Å². The molecule has 1 aliphatic heterocycles. The van der Waals surface area contributed by atoms with E-state index >= 15 is 0 Å². The SMILES string of the molecule is COC(=O)N1CCCCC1C(=O)NCCCn1nc(C)c(C)c1C. The number of amides is 2. The first-order valence-electron chi connectivity index (χ1n) is 8.58. The summed E-state index contributed by atoms with van der Waals surface area (Å²) < 4.78 is 6.76. The summed E-state index contributed by atoms with van der Waals surface area (Å²) in [6.07, 6.45) is 2.94. The highest BCUT2D eigenvalue weighted by atomic mass is 16.5. The average molecular weight is 336 g/mol. The van der Waals surface area contributed by atoms with E-state index in [1.807, 2.05) is 11.6 Å². The molecule has 0 aromatic carbocycles. The van der Waals surface area contributed by atoms with Gasteiger partial charge >= 0.3 is 6.09 Å². The average Bonchev–Trinajstić information content (AvgIpc) is 2.84. The summed E-state index contributed by atoms with van der Waals surface area (Å²) in [4.78, 5) is 25.7. The van der Waals surface area contributed by atoms with Crippen molar-refractivity contribution in [1.82, 2.24) is 20.0 Å². The molecular formula is C17H28N4O3. The van der Waals surface area contributed by atoms with Crippen LogP contribution in [-0.4, -0.2) is 52.9 Å². The number of methoxy groups -OCH3 is 1. The lowest BCUT2D eigenvalue weighted by atomic mass is 10.0. The van der Waals surface area contributed by atoms with Gasteiger partial charge in [0.2, 0.25) is 5.91 Å². The number of piperidine rings is 1.